The smallest absolute Gasteiger partial charge is 0.238 e. The lowest BCUT2D eigenvalue weighted by Crippen LogP contribution is -2.41. The van der Waals surface area contributed by atoms with Crippen LogP contribution in [0, 0.1) is 6.92 Å². The van der Waals surface area contributed by atoms with Crippen molar-refractivity contribution in [1.29, 1.82) is 0 Å². The maximum Gasteiger partial charge on any atom is 0.238 e. The number of hydrogen-bond acceptors (Lipinski definition) is 4. The van der Waals surface area contributed by atoms with Gasteiger partial charge in [0.1, 0.15) is 5.75 Å². The van der Waals surface area contributed by atoms with Crippen molar-refractivity contribution < 1.29 is 9.53 Å². The lowest BCUT2D eigenvalue weighted by molar-refractivity contribution is -0.122. The SMILES string of the molecule is CCCCCOc1cc(C)ccc1CNC(=O)C1CSCN1.Cl. The van der Waals surface area contributed by atoms with Gasteiger partial charge in [0.25, 0.3) is 0 Å². The van der Waals surface area contributed by atoms with Crippen molar-refractivity contribution in [3.63, 3.8) is 0 Å². The molecule has 0 aliphatic carbocycles. The molecular formula is C17H27ClN2O2S. The van der Waals surface area contributed by atoms with Crippen LogP contribution in [0.4, 0.5) is 0 Å². The first-order valence-corrected chi connectivity index (χ1v) is 9.17. The Balaban J connectivity index is 0.00000264. The second kappa shape index (κ2) is 10.8. The van der Waals surface area contributed by atoms with Crippen molar-refractivity contribution in [3.8, 4) is 5.75 Å². The number of carbonyl (C=O) groups excluding carboxylic acids is 1. The lowest BCUT2D eigenvalue weighted by atomic mass is 10.1. The van der Waals surface area contributed by atoms with E-state index in [4.69, 9.17) is 4.74 Å². The summed E-state index contributed by atoms with van der Waals surface area (Å²) in [5, 5.41) is 6.19. The van der Waals surface area contributed by atoms with E-state index in [1.807, 2.05) is 6.07 Å². The Bertz CT molecular complexity index is 493. The molecule has 1 saturated heterocycles. The van der Waals surface area contributed by atoms with Crippen LogP contribution in [0.2, 0.25) is 0 Å². The Morgan fingerprint density at radius 2 is 2.26 bits per heavy atom. The summed E-state index contributed by atoms with van der Waals surface area (Å²) in [6.07, 6.45) is 3.44. The fourth-order valence-corrected chi connectivity index (χ4v) is 3.29. The van der Waals surface area contributed by atoms with Gasteiger partial charge in [-0.15, -0.1) is 24.2 Å². The standard InChI is InChI=1S/C17H26N2O2S.ClH/c1-3-4-5-8-21-16-9-13(2)6-7-14(16)10-18-17(20)15-11-22-12-19-15;/h6-7,9,15,19H,3-5,8,10-12H2,1-2H3,(H,18,20);1H. The number of halogens is 1. The molecule has 0 spiro atoms. The summed E-state index contributed by atoms with van der Waals surface area (Å²) in [6, 6.07) is 6.09. The lowest BCUT2D eigenvalue weighted by Gasteiger charge is -2.15. The highest BCUT2D eigenvalue weighted by Gasteiger charge is 2.22. The highest BCUT2D eigenvalue weighted by Crippen LogP contribution is 2.21. The molecule has 1 atom stereocenters. The van der Waals surface area contributed by atoms with Crippen molar-refractivity contribution in [3.05, 3.63) is 29.3 Å². The number of amides is 1. The summed E-state index contributed by atoms with van der Waals surface area (Å²) in [7, 11) is 0. The largest absolute Gasteiger partial charge is 0.493 e. The Labute approximate surface area is 149 Å². The van der Waals surface area contributed by atoms with Gasteiger partial charge in [0.15, 0.2) is 0 Å². The average Bonchev–Trinajstić information content (AvgIpc) is 3.05. The molecule has 1 aromatic rings. The molecule has 2 rings (SSSR count). The molecule has 1 aliphatic heterocycles. The van der Waals surface area contributed by atoms with Gasteiger partial charge in [0.2, 0.25) is 5.91 Å². The van der Waals surface area contributed by atoms with E-state index in [2.05, 4.69) is 36.6 Å². The van der Waals surface area contributed by atoms with E-state index in [1.54, 1.807) is 11.8 Å². The van der Waals surface area contributed by atoms with Gasteiger partial charge in [-0.2, -0.15) is 0 Å². The zero-order valence-corrected chi connectivity index (χ0v) is 15.5. The van der Waals surface area contributed by atoms with Crippen LogP contribution in [0.15, 0.2) is 18.2 Å². The Kier molecular flexibility index (Phi) is 9.44. The van der Waals surface area contributed by atoms with E-state index in [9.17, 15) is 4.79 Å². The molecule has 2 N–H and O–H groups in total. The van der Waals surface area contributed by atoms with Crippen LogP contribution in [0.25, 0.3) is 0 Å². The monoisotopic (exact) mass is 358 g/mol. The van der Waals surface area contributed by atoms with E-state index < -0.39 is 0 Å². The normalized spacial score (nSPS) is 16.7. The van der Waals surface area contributed by atoms with Gasteiger partial charge in [-0.1, -0.05) is 31.9 Å². The number of rotatable bonds is 8. The average molecular weight is 359 g/mol. The van der Waals surface area contributed by atoms with E-state index in [0.29, 0.717) is 6.54 Å². The molecule has 0 aromatic heterocycles. The van der Waals surface area contributed by atoms with Crippen molar-refractivity contribution in [2.75, 3.05) is 18.2 Å². The maximum absolute atomic E-state index is 12.1. The number of carbonyl (C=O) groups is 1. The first kappa shape index (κ1) is 20.1. The topological polar surface area (TPSA) is 50.4 Å². The third kappa shape index (κ3) is 6.61. The molecule has 0 radical (unpaired) electrons. The minimum atomic E-state index is -0.0654. The van der Waals surface area contributed by atoms with Crippen molar-refractivity contribution in [2.45, 2.75) is 45.7 Å². The second-order valence-corrected chi connectivity index (χ2v) is 6.69. The van der Waals surface area contributed by atoms with Crippen LogP contribution in [0.3, 0.4) is 0 Å². The van der Waals surface area contributed by atoms with Crippen molar-refractivity contribution in [2.24, 2.45) is 0 Å². The molecular weight excluding hydrogens is 332 g/mol. The van der Waals surface area contributed by atoms with Crippen LogP contribution in [0.5, 0.6) is 5.75 Å². The van der Waals surface area contributed by atoms with Crippen LogP contribution < -0.4 is 15.4 Å². The summed E-state index contributed by atoms with van der Waals surface area (Å²) < 4.78 is 5.91. The molecule has 1 unspecified atom stereocenters. The quantitative estimate of drug-likeness (QED) is 0.700. The first-order chi connectivity index (χ1) is 10.7. The Hall–Kier alpha value is -0.910. The van der Waals surface area contributed by atoms with E-state index in [0.717, 1.165) is 36.0 Å². The number of ether oxygens (including phenoxy) is 1. The van der Waals surface area contributed by atoms with Gasteiger partial charge < -0.3 is 10.1 Å². The number of hydrogen-bond donors (Lipinski definition) is 2. The van der Waals surface area contributed by atoms with E-state index in [-0.39, 0.29) is 24.4 Å². The molecule has 0 saturated carbocycles. The number of benzene rings is 1. The van der Waals surface area contributed by atoms with E-state index >= 15 is 0 Å². The van der Waals surface area contributed by atoms with Gasteiger partial charge in [0, 0.05) is 23.7 Å². The number of thioether (sulfide) groups is 1. The molecule has 1 heterocycles. The first-order valence-electron chi connectivity index (χ1n) is 8.02. The maximum atomic E-state index is 12.1. The molecule has 23 heavy (non-hydrogen) atoms. The third-order valence-electron chi connectivity index (χ3n) is 3.71. The van der Waals surface area contributed by atoms with Crippen LogP contribution in [-0.2, 0) is 11.3 Å². The van der Waals surface area contributed by atoms with Crippen molar-refractivity contribution in [1.82, 2.24) is 10.6 Å². The van der Waals surface area contributed by atoms with Gasteiger partial charge in [-0.3, -0.25) is 10.1 Å². The Morgan fingerprint density at radius 3 is 2.96 bits per heavy atom. The third-order valence-corrected chi connectivity index (χ3v) is 4.65. The summed E-state index contributed by atoms with van der Waals surface area (Å²) in [4.78, 5) is 12.1. The summed E-state index contributed by atoms with van der Waals surface area (Å²) in [5.74, 6) is 2.67. The zero-order chi connectivity index (χ0) is 15.8. The molecule has 130 valence electrons. The summed E-state index contributed by atoms with van der Waals surface area (Å²) in [5.41, 5.74) is 2.22. The zero-order valence-electron chi connectivity index (χ0n) is 13.9. The van der Waals surface area contributed by atoms with Crippen LogP contribution >= 0.6 is 24.2 Å². The fraction of sp³-hybridized carbons (Fsp3) is 0.588. The van der Waals surface area contributed by atoms with E-state index in [1.165, 1.54) is 18.4 Å². The van der Waals surface area contributed by atoms with Crippen molar-refractivity contribution >= 4 is 30.1 Å². The summed E-state index contributed by atoms with van der Waals surface area (Å²) >= 11 is 1.76. The molecule has 1 amide bonds. The molecule has 0 bridgehead atoms. The van der Waals surface area contributed by atoms with Gasteiger partial charge in [0.05, 0.1) is 12.6 Å². The number of aryl methyl sites for hydroxylation is 1. The predicted molar refractivity (Wildman–Crippen MR) is 99.5 cm³/mol. The Morgan fingerprint density at radius 1 is 1.43 bits per heavy atom. The highest BCUT2D eigenvalue weighted by molar-refractivity contribution is 7.99. The fourth-order valence-electron chi connectivity index (χ4n) is 2.35. The summed E-state index contributed by atoms with van der Waals surface area (Å²) in [6.45, 7) is 5.49. The molecule has 1 aromatic carbocycles. The highest BCUT2D eigenvalue weighted by atomic mass is 35.5. The minimum Gasteiger partial charge on any atom is -0.493 e. The number of unbranched alkanes of at least 4 members (excludes halogenated alkanes) is 2. The van der Waals surface area contributed by atoms with Crippen LogP contribution in [0.1, 0.15) is 37.3 Å². The van der Waals surface area contributed by atoms with Gasteiger partial charge in [-0.25, -0.2) is 0 Å². The molecule has 4 nitrogen and oxygen atoms in total. The minimum absolute atomic E-state index is 0. The van der Waals surface area contributed by atoms with Gasteiger partial charge >= 0.3 is 0 Å². The second-order valence-electron chi connectivity index (χ2n) is 5.66. The molecule has 1 aliphatic rings. The number of nitrogens with one attached hydrogen (secondary N) is 2. The predicted octanol–water partition coefficient (Wildman–Crippen LogP) is 3.26. The van der Waals surface area contributed by atoms with Gasteiger partial charge in [-0.05, 0) is 25.0 Å². The molecule has 1 fully saturated rings. The molecule has 6 heteroatoms. The van der Waals surface area contributed by atoms with Crippen LogP contribution in [-0.4, -0.2) is 30.2 Å².